The van der Waals surface area contributed by atoms with Crippen LogP contribution in [0.25, 0.3) is 0 Å². The van der Waals surface area contributed by atoms with Crippen molar-refractivity contribution in [1.29, 1.82) is 0 Å². The minimum atomic E-state index is -2.92. The Morgan fingerprint density at radius 2 is 1.50 bits per heavy atom. The van der Waals surface area contributed by atoms with E-state index in [1.54, 1.807) is 0 Å². The van der Waals surface area contributed by atoms with Gasteiger partial charge in [0.1, 0.15) is 0 Å². The van der Waals surface area contributed by atoms with E-state index in [2.05, 4.69) is 6.26 Å². The van der Waals surface area contributed by atoms with E-state index in [-0.39, 0.29) is 32.7 Å². The van der Waals surface area contributed by atoms with Gasteiger partial charge in [0, 0.05) is 48.8 Å². The summed E-state index contributed by atoms with van der Waals surface area (Å²) in [5, 5.41) is 0. The zero-order chi connectivity index (χ0) is 4.50. The van der Waals surface area contributed by atoms with Gasteiger partial charge >= 0.3 is 0 Å². The van der Waals surface area contributed by atoms with Gasteiger partial charge in [-0.3, -0.25) is 8.42 Å². The summed E-state index contributed by atoms with van der Waals surface area (Å²) in [5.41, 5.74) is 0. The normalized spacial score (nSPS) is 9.67. The Balaban J connectivity index is 0. The van der Waals surface area contributed by atoms with Crippen molar-refractivity contribution >= 4 is 9.84 Å². The van der Waals surface area contributed by atoms with Crippen LogP contribution in [-0.4, -0.2) is 14.7 Å². The Hall–Kier alpha value is 1.05. The molecule has 0 aromatic heterocycles. The van der Waals surface area contributed by atoms with Gasteiger partial charge in [-0.25, -0.2) is 6.26 Å². The van der Waals surface area contributed by atoms with Crippen LogP contribution in [0.2, 0.25) is 0 Å². The van der Waals surface area contributed by atoms with Crippen LogP contribution in [0.4, 0.5) is 0 Å². The van der Waals surface area contributed by atoms with E-state index in [0.29, 0.717) is 0 Å². The van der Waals surface area contributed by atoms with Gasteiger partial charge in [0.15, 0.2) is 0 Å². The van der Waals surface area contributed by atoms with Crippen molar-refractivity contribution in [2.75, 3.05) is 6.26 Å². The van der Waals surface area contributed by atoms with Gasteiger partial charge in [-0.2, -0.15) is 0 Å². The molecule has 0 unspecified atom stereocenters. The summed E-state index contributed by atoms with van der Waals surface area (Å²) in [4.78, 5) is 0. The maximum Gasteiger partial charge on any atom is 0.0185 e. The average molecular weight is 182 g/mol. The molecule has 0 spiro atoms. The van der Waals surface area contributed by atoms with Crippen LogP contribution >= 0.6 is 0 Å². The molecule has 0 fully saturated rings. The first kappa shape index (κ1) is 10.1. The van der Waals surface area contributed by atoms with E-state index < -0.39 is 9.84 Å². The Labute approximate surface area is 63.1 Å². The molecule has 0 aromatic carbocycles. The fourth-order valence-electron chi connectivity index (χ4n) is 0. The first-order valence-electron chi connectivity index (χ1n) is 1.03. The molecule has 0 N–H and O–H groups in total. The largest absolute Gasteiger partial charge is 0.263 e. The molecule has 4 heteroatoms. The Kier molecular flexibility index (Phi) is 5.24. The van der Waals surface area contributed by atoms with Crippen LogP contribution in [0.5, 0.6) is 0 Å². The molecule has 0 aliphatic heterocycles. The molecule has 35 valence electrons. The third kappa shape index (κ3) is 74.8. The molecular weight excluding hydrogens is 177 g/mol. The summed E-state index contributed by atoms with van der Waals surface area (Å²) in [6.45, 7) is 0. The van der Waals surface area contributed by atoms with Crippen molar-refractivity contribution < 1.29 is 41.1 Å². The van der Waals surface area contributed by atoms with Gasteiger partial charge in [-0.15, -0.1) is 0 Å². The predicted molar refractivity (Wildman–Crippen MR) is 20.2 cm³/mol. The summed E-state index contributed by atoms with van der Waals surface area (Å²) in [7, 11) is -2.92. The second-order valence-electron chi connectivity index (χ2n) is 0.926. The van der Waals surface area contributed by atoms with E-state index in [0.717, 1.165) is 6.26 Å². The molecule has 0 saturated heterocycles. The van der Waals surface area contributed by atoms with Crippen LogP contribution in [-0.2, 0) is 42.5 Å². The molecule has 0 aromatic rings. The molecule has 2 nitrogen and oxygen atoms in total. The van der Waals surface area contributed by atoms with Crippen molar-refractivity contribution in [2.45, 2.75) is 0 Å². The molecule has 0 atom stereocenters. The van der Waals surface area contributed by atoms with Gasteiger partial charge in [0.05, 0.1) is 0 Å². The molecule has 0 bridgehead atoms. The summed E-state index contributed by atoms with van der Waals surface area (Å²) in [6, 6.07) is 0. The fourth-order valence-corrected chi connectivity index (χ4v) is 0. The Bertz CT molecular complexity index is 94.7. The molecule has 0 aliphatic carbocycles. The van der Waals surface area contributed by atoms with E-state index in [9.17, 15) is 8.42 Å². The molecule has 0 heterocycles. The molecule has 0 amide bonds. The number of hydrogen-bond donors (Lipinski definition) is 0. The van der Waals surface area contributed by atoms with Crippen molar-refractivity contribution in [3.63, 3.8) is 0 Å². The maximum absolute atomic E-state index is 9.52. The first-order valence-corrected chi connectivity index (χ1v) is 3.09. The van der Waals surface area contributed by atoms with Crippen molar-refractivity contribution in [3.8, 4) is 0 Å². The average Bonchev–Trinajstić information content (AvgIpc) is 0.722. The van der Waals surface area contributed by atoms with Gasteiger partial charge in [0.2, 0.25) is 0 Å². The van der Waals surface area contributed by atoms with Crippen molar-refractivity contribution in [3.05, 3.63) is 6.26 Å². The summed E-state index contributed by atoms with van der Waals surface area (Å²) >= 11 is 0. The minimum absolute atomic E-state index is 0. The van der Waals surface area contributed by atoms with Crippen LogP contribution < -0.4 is 0 Å². The third-order valence-corrected chi connectivity index (χ3v) is 0. The number of sulfone groups is 1. The molecule has 6 heavy (non-hydrogen) atoms. The zero-order valence-corrected chi connectivity index (χ0v) is 7.16. The standard InChI is InChI=1S/C2H5O2S.Y/c1-5(2,3)4;/h1H2,2H3;/q-1;. The molecule has 0 aliphatic rings. The second-order valence-corrected chi connectivity index (χ2v) is 2.78. The maximum atomic E-state index is 9.52. The summed E-state index contributed by atoms with van der Waals surface area (Å²) in [5.74, 6) is 0. The molecule has 1 radical (unpaired) electrons. The van der Waals surface area contributed by atoms with Crippen LogP contribution in [0, 0.1) is 6.26 Å². The van der Waals surface area contributed by atoms with Gasteiger partial charge in [-0.05, 0) is 0 Å². The number of hydrogen-bond acceptors (Lipinski definition) is 2. The monoisotopic (exact) mass is 182 g/mol. The zero-order valence-electron chi connectivity index (χ0n) is 3.51. The minimum Gasteiger partial charge on any atom is -0.263 e. The van der Waals surface area contributed by atoms with E-state index >= 15 is 0 Å². The summed E-state index contributed by atoms with van der Waals surface area (Å²) in [6.07, 6.45) is 3.79. The van der Waals surface area contributed by atoms with Gasteiger partial charge in [0.25, 0.3) is 0 Å². The molecule has 0 saturated carbocycles. The second kappa shape index (κ2) is 3.11. The first-order chi connectivity index (χ1) is 2.00. The Morgan fingerprint density at radius 1 is 1.50 bits per heavy atom. The smallest absolute Gasteiger partial charge is 0.0185 e. The van der Waals surface area contributed by atoms with Crippen LogP contribution in [0.15, 0.2) is 0 Å². The van der Waals surface area contributed by atoms with Gasteiger partial charge < -0.3 is 0 Å². The molecule has 0 rings (SSSR count). The third-order valence-electron chi connectivity index (χ3n) is 0. The summed E-state index contributed by atoms with van der Waals surface area (Å²) < 4.78 is 19.0. The van der Waals surface area contributed by atoms with Crippen LogP contribution in [0.3, 0.4) is 0 Å². The van der Waals surface area contributed by atoms with E-state index in [4.69, 9.17) is 0 Å². The topological polar surface area (TPSA) is 34.1 Å². The molecular formula is C2H5O2SY-. The Morgan fingerprint density at radius 3 is 1.50 bits per heavy atom. The van der Waals surface area contributed by atoms with Gasteiger partial charge in [-0.1, -0.05) is 0 Å². The van der Waals surface area contributed by atoms with Crippen LogP contribution in [0.1, 0.15) is 0 Å². The van der Waals surface area contributed by atoms with E-state index in [1.165, 1.54) is 0 Å². The van der Waals surface area contributed by atoms with E-state index in [1.807, 2.05) is 0 Å². The van der Waals surface area contributed by atoms with Crippen molar-refractivity contribution in [2.24, 2.45) is 0 Å². The quantitative estimate of drug-likeness (QED) is 0.487. The fraction of sp³-hybridized carbons (Fsp3) is 0.500. The predicted octanol–water partition coefficient (Wildman–Crippen LogP) is -0.180. The van der Waals surface area contributed by atoms with Crippen molar-refractivity contribution in [1.82, 2.24) is 0 Å². The SMILES string of the molecule is [CH2-]S(C)(=O)=O.[Y]. The number of rotatable bonds is 0.